The Kier molecular flexibility index (Phi) is 2.55. The van der Waals surface area contributed by atoms with Gasteiger partial charge in [-0.2, -0.15) is 0 Å². The van der Waals surface area contributed by atoms with E-state index in [1.54, 1.807) is 4.88 Å². The molecule has 0 aromatic carbocycles. The average Bonchev–Trinajstić information content (AvgIpc) is 2.85. The van der Waals surface area contributed by atoms with Crippen molar-refractivity contribution < 1.29 is 0 Å². The van der Waals surface area contributed by atoms with Crippen molar-refractivity contribution in [3.63, 3.8) is 0 Å². The van der Waals surface area contributed by atoms with E-state index in [1.165, 1.54) is 50.6 Å². The van der Waals surface area contributed by atoms with Crippen LogP contribution >= 0.6 is 11.3 Å². The van der Waals surface area contributed by atoms with Crippen LogP contribution in [0.4, 0.5) is 0 Å². The van der Waals surface area contributed by atoms with E-state index in [0.717, 1.165) is 5.01 Å². The number of nitrogens with two attached hydrogens (primary N) is 1. The first-order valence-electron chi connectivity index (χ1n) is 6.43. The van der Waals surface area contributed by atoms with Crippen LogP contribution in [0.3, 0.4) is 0 Å². The smallest absolute Gasteiger partial charge is 0.110 e. The first kappa shape index (κ1) is 10.7. The molecule has 2 aliphatic rings. The van der Waals surface area contributed by atoms with E-state index in [1.807, 2.05) is 18.3 Å². The van der Waals surface area contributed by atoms with Gasteiger partial charge in [0.05, 0.1) is 11.7 Å². The number of nitrogens with zero attached hydrogens (tertiary/aromatic N) is 1. The standard InChI is InChI=1S/C13H20N2S/c1-9(14)12-15-10-4-7-13(5-2-3-6-13)8-11(10)16-12/h9H,2-8,14H2,1H3. The normalized spacial score (nSPS) is 24.6. The van der Waals surface area contributed by atoms with Gasteiger partial charge in [-0.05, 0) is 44.4 Å². The maximum atomic E-state index is 5.92. The minimum atomic E-state index is 0.107. The van der Waals surface area contributed by atoms with Crippen LogP contribution in [0.5, 0.6) is 0 Å². The number of thiazole rings is 1. The number of hydrogen-bond donors (Lipinski definition) is 1. The van der Waals surface area contributed by atoms with Gasteiger partial charge in [0.2, 0.25) is 0 Å². The monoisotopic (exact) mass is 236 g/mol. The lowest BCUT2D eigenvalue weighted by atomic mass is 9.74. The number of aromatic nitrogens is 1. The molecule has 0 radical (unpaired) electrons. The Morgan fingerprint density at radius 2 is 2.06 bits per heavy atom. The molecule has 2 nitrogen and oxygen atoms in total. The quantitative estimate of drug-likeness (QED) is 0.813. The minimum Gasteiger partial charge on any atom is -0.322 e. The number of fused-ring (bicyclic) bond motifs is 1. The van der Waals surface area contributed by atoms with Crippen molar-refractivity contribution in [2.24, 2.45) is 11.1 Å². The average molecular weight is 236 g/mol. The molecule has 1 saturated carbocycles. The van der Waals surface area contributed by atoms with Gasteiger partial charge < -0.3 is 5.73 Å². The van der Waals surface area contributed by atoms with Crippen molar-refractivity contribution in [2.45, 2.75) is 57.9 Å². The van der Waals surface area contributed by atoms with Crippen molar-refractivity contribution in [3.05, 3.63) is 15.6 Å². The number of hydrogen-bond acceptors (Lipinski definition) is 3. The van der Waals surface area contributed by atoms with Crippen molar-refractivity contribution in [2.75, 3.05) is 0 Å². The first-order valence-corrected chi connectivity index (χ1v) is 7.24. The summed E-state index contributed by atoms with van der Waals surface area (Å²) >= 11 is 1.87. The van der Waals surface area contributed by atoms with Gasteiger partial charge in [0.15, 0.2) is 0 Å². The summed E-state index contributed by atoms with van der Waals surface area (Å²) in [6.07, 6.45) is 9.60. The molecule has 1 unspecified atom stereocenters. The summed E-state index contributed by atoms with van der Waals surface area (Å²) in [5.41, 5.74) is 7.92. The minimum absolute atomic E-state index is 0.107. The zero-order valence-electron chi connectivity index (χ0n) is 9.96. The van der Waals surface area contributed by atoms with Gasteiger partial charge in [0, 0.05) is 4.88 Å². The first-order chi connectivity index (χ1) is 7.69. The Bertz CT molecular complexity index is 389. The van der Waals surface area contributed by atoms with Gasteiger partial charge in [-0.3, -0.25) is 0 Å². The SMILES string of the molecule is CC(N)c1nc2c(s1)CC1(CCCC1)CC2. The molecule has 0 saturated heterocycles. The highest BCUT2D eigenvalue weighted by Crippen LogP contribution is 2.48. The molecule has 0 amide bonds. The van der Waals surface area contributed by atoms with Gasteiger partial charge in [0.1, 0.15) is 5.01 Å². The lowest BCUT2D eigenvalue weighted by Crippen LogP contribution is -2.24. The molecule has 16 heavy (non-hydrogen) atoms. The molecule has 0 aliphatic heterocycles. The van der Waals surface area contributed by atoms with E-state index < -0.39 is 0 Å². The second kappa shape index (κ2) is 3.81. The lowest BCUT2D eigenvalue weighted by molar-refractivity contribution is 0.256. The molecular formula is C13H20N2S. The summed E-state index contributed by atoms with van der Waals surface area (Å²) in [4.78, 5) is 6.24. The molecule has 1 fully saturated rings. The second-order valence-electron chi connectivity index (χ2n) is 5.59. The van der Waals surface area contributed by atoms with Gasteiger partial charge in [-0.1, -0.05) is 12.8 Å². The fourth-order valence-corrected chi connectivity index (χ4v) is 4.53. The topological polar surface area (TPSA) is 38.9 Å². The highest BCUT2D eigenvalue weighted by molar-refractivity contribution is 7.11. The van der Waals surface area contributed by atoms with Gasteiger partial charge in [0.25, 0.3) is 0 Å². The van der Waals surface area contributed by atoms with Crippen LogP contribution in [0.1, 0.15) is 60.6 Å². The van der Waals surface area contributed by atoms with Crippen LogP contribution in [0, 0.1) is 5.41 Å². The molecule has 3 rings (SSSR count). The van der Waals surface area contributed by atoms with Crippen molar-refractivity contribution >= 4 is 11.3 Å². The van der Waals surface area contributed by atoms with Gasteiger partial charge in [-0.15, -0.1) is 11.3 Å². The maximum Gasteiger partial charge on any atom is 0.110 e. The van der Waals surface area contributed by atoms with Crippen LogP contribution in [0.2, 0.25) is 0 Å². The van der Waals surface area contributed by atoms with Crippen LogP contribution in [0.15, 0.2) is 0 Å². The highest BCUT2D eigenvalue weighted by Gasteiger charge is 2.38. The van der Waals surface area contributed by atoms with E-state index in [9.17, 15) is 0 Å². The molecule has 1 aromatic heterocycles. The zero-order valence-corrected chi connectivity index (χ0v) is 10.8. The lowest BCUT2D eigenvalue weighted by Gasteiger charge is -2.32. The Labute approximate surface area is 101 Å². The number of aryl methyl sites for hydroxylation is 1. The molecule has 1 atom stereocenters. The van der Waals surface area contributed by atoms with Crippen LogP contribution in [-0.4, -0.2) is 4.98 Å². The van der Waals surface area contributed by atoms with E-state index >= 15 is 0 Å². The summed E-state index contributed by atoms with van der Waals surface area (Å²) in [5.74, 6) is 0. The summed E-state index contributed by atoms with van der Waals surface area (Å²) in [6.45, 7) is 2.04. The van der Waals surface area contributed by atoms with Crippen molar-refractivity contribution in [3.8, 4) is 0 Å². The molecule has 1 aromatic rings. The fourth-order valence-electron chi connectivity index (χ4n) is 3.30. The summed E-state index contributed by atoms with van der Waals surface area (Å²) < 4.78 is 0. The third-order valence-corrected chi connectivity index (χ3v) is 5.57. The van der Waals surface area contributed by atoms with Crippen LogP contribution in [-0.2, 0) is 12.8 Å². The van der Waals surface area contributed by atoms with Crippen LogP contribution in [0.25, 0.3) is 0 Å². The Balaban J connectivity index is 1.88. The third kappa shape index (κ3) is 1.70. The molecule has 0 bridgehead atoms. The van der Waals surface area contributed by atoms with Crippen LogP contribution < -0.4 is 5.73 Å². The van der Waals surface area contributed by atoms with E-state index in [4.69, 9.17) is 10.7 Å². The summed E-state index contributed by atoms with van der Waals surface area (Å²) in [7, 11) is 0. The van der Waals surface area contributed by atoms with Crippen molar-refractivity contribution in [1.82, 2.24) is 4.98 Å². The molecule has 88 valence electrons. The molecular weight excluding hydrogens is 216 g/mol. The second-order valence-corrected chi connectivity index (χ2v) is 6.71. The third-order valence-electron chi connectivity index (χ3n) is 4.28. The summed E-state index contributed by atoms with van der Waals surface area (Å²) in [6, 6.07) is 0.107. The molecule has 3 heteroatoms. The van der Waals surface area contributed by atoms with E-state index in [2.05, 4.69) is 0 Å². The predicted molar refractivity (Wildman–Crippen MR) is 67.6 cm³/mol. The Hall–Kier alpha value is -0.410. The zero-order chi connectivity index (χ0) is 11.2. The van der Waals surface area contributed by atoms with Gasteiger partial charge in [-0.25, -0.2) is 4.98 Å². The fraction of sp³-hybridized carbons (Fsp3) is 0.769. The maximum absolute atomic E-state index is 5.92. The van der Waals surface area contributed by atoms with Crippen molar-refractivity contribution in [1.29, 1.82) is 0 Å². The van der Waals surface area contributed by atoms with Gasteiger partial charge >= 0.3 is 0 Å². The van der Waals surface area contributed by atoms with E-state index in [-0.39, 0.29) is 6.04 Å². The highest BCUT2D eigenvalue weighted by atomic mass is 32.1. The molecule has 1 spiro atoms. The Morgan fingerprint density at radius 3 is 2.75 bits per heavy atom. The molecule has 2 aliphatic carbocycles. The molecule has 1 heterocycles. The summed E-state index contributed by atoms with van der Waals surface area (Å²) in [5, 5.41) is 1.14. The van der Waals surface area contributed by atoms with E-state index in [0.29, 0.717) is 5.41 Å². The predicted octanol–water partition coefficient (Wildman–Crippen LogP) is 3.21. The number of rotatable bonds is 1. The molecule has 2 N–H and O–H groups in total. The largest absolute Gasteiger partial charge is 0.322 e. The Morgan fingerprint density at radius 1 is 1.31 bits per heavy atom.